The lowest BCUT2D eigenvalue weighted by Gasteiger charge is -1.98. The molecule has 15 heavy (non-hydrogen) atoms. The van der Waals surface area contributed by atoms with Gasteiger partial charge in [0, 0.05) is 0 Å². The maximum absolute atomic E-state index is 11.3. The number of hydrogen-bond acceptors (Lipinski definition) is 4. The van der Waals surface area contributed by atoms with Gasteiger partial charge in [0.15, 0.2) is 5.69 Å². The van der Waals surface area contributed by atoms with Crippen LogP contribution in [-0.2, 0) is 4.74 Å². The minimum Gasteiger partial charge on any atom is -0.464 e. The van der Waals surface area contributed by atoms with Crippen LogP contribution in [0.3, 0.4) is 0 Å². The Hall–Kier alpha value is -2.10. The Morgan fingerprint density at radius 2 is 2.07 bits per heavy atom. The maximum Gasteiger partial charge on any atom is 0.360 e. The summed E-state index contributed by atoms with van der Waals surface area (Å²) in [5.41, 5.74) is 1.71. The van der Waals surface area contributed by atoms with E-state index in [4.69, 9.17) is 4.52 Å². The standard InChI is InChI=1S/C11H9NO3/c1-14-11(13)10-9(7-15-12-10)8-5-3-2-4-6-8/h2-7H,1H3. The molecule has 4 heteroatoms. The van der Waals surface area contributed by atoms with Crippen LogP contribution < -0.4 is 0 Å². The van der Waals surface area contributed by atoms with E-state index in [-0.39, 0.29) is 5.69 Å². The summed E-state index contributed by atoms with van der Waals surface area (Å²) in [4.78, 5) is 11.3. The SMILES string of the molecule is COC(=O)c1nocc1-c1ccccc1. The van der Waals surface area contributed by atoms with Gasteiger partial charge in [-0.25, -0.2) is 4.79 Å². The summed E-state index contributed by atoms with van der Waals surface area (Å²) in [7, 11) is 1.31. The molecule has 0 aliphatic rings. The fraction of sp³-hybridized carbons (Fsp3) is 0.0909. The molecule has 0 aliphatic heterocycles. The number of aromatic nitrogens is 1. The largest absolute Gasteiger partial charge is 0.464 e. The number of ether oxygens (including phenoxy) is 1. The zero-order valence-electron chi connectivity index (χ0n) is 8.14. The van der Waals surface area contributed by atoms with E-state index in [0.717, 1.165) is 5.56 Å². The Morgan fingerprint density at radius 1 is 1.33 bits per heavy atom. The van der Waals surface area contributed by atoms with Crippen LogP contribution in [0.2, 0.25) is 0 Å². The number of methoxy groups -OCH3 is 1. The third-order valence-electron chi connectivity index (χ3n) is 2.03. The van der Waals surface area contributed by atoms with E-state index in [0.29, 0.717) is 5.56 Å². The summed E-state index contributed by atoms with van der Waals surface area (Å²) < 4.78 is 9.37. The van der Waals surface area contributed by atoms with Crippen molar-refractivity contribution in [3.05, 3.63) is 42.3 Å². The first-order chi connectivity index (χ1) is 7.33. The predicted molar refractivity (Wildman–Crippen MR) is 53.3 cm³/mol. The summed E-state index contributed by atoms with van der Waals surface area (Å²) in [6.45, 7) is 0. The zero-order chi connectivity index (χ0) is 10.7. The predicted octanol–water partition coefficient (Wildman–Crippen LogP) is 2.13. The van der Waals surface area contributed by atoms with E-state index >= 15 is 0 Å². The highest BCUT2D eigenvalue weighted by atomic mass is 16.5. The molecule has 0 bridgehead atoms. The van der Waals surface area contributed by atoms with Crippen LogP contribution >= 0.6 is 0 Å². The van der Waals surface area contributed by atoms with Gasteiger partial charge in [0.1, 0.15) is 6.26 Å². The van der Waals surface area contributed by atoms with Crippen LogP contribution in [0.15, 0.2) is 41.1 Å². The third-order valence-corrected chi connectivity index (χ3v) is 2.03. The lowest BCUT2D eigenvalue weighted by Crippen LogP contribution is -2.02. The third kappa shape index (κ3) is 1.74. The highest BCUT2D eigenvalue weighted by Gasteiger charge is 2.17. The molecule has 2 aromatic rings. The van der Waals surface area contributed by atoms with Crippen LogP contribution in [0.1, 0.15) is 10.5 Å². The first kappa shape index (κ1) is 9.45. The number of benzene rings is 1. The first-order valence-corrected chi connectivity index (χ1v) is 4.41. The van der Waals surface area contributed by atoms with E-state index in [1.165, 1.54) is 13.4 Å². The molecule has 0 N–H and O–H groups in total. The second-order valence-corrected chi connectivity index (χ2v) is 2.93. The number of carbonyl (C=O) groups is 1. The van der Waals surface area contributed by atoms with Gasteiger partial charge in [-0.1, -0.05) is 35.5 Å². The van der Waals surface area contributed by atoms with Gasteiger partial charge in [-0.15, -0.1) is 0 Å². The molecule has 0 unspecified atom stereocenters. The van der Waals surface area contributed by atoms with Crippen molar-refractivity contribution in [1.29, 1.82) is 0 Å². The zero-order valence-corrected chi connectivity index (χ0v) is 8.14. The molecule has 0 radical (unpaired) electrons. The van der Waals surface area contributed by atoms with E-state index in [1.807, 2.05) is 30.3 Å². The number of carbonyl (C=O) groups excluding carboxylic acids is 1. The van der Waals surface area contributed by atoms with Gasteiger partial charge in [0.05, 0.1) is 12.7 Å². The van der Waals surface area contributed by atoms with Gasteiger partial charge < -0.3 is 9.26 Å². The van der Waals surface area contributed by atoms with Crippen LogP contribution in [0.4, 0.5) is 0 Å². The van der Waals surface area contributed by atoms with Gasteiger partial charge in [-0.2, -0.15) is 0 Å². The van der Waals surface area contributed by atoms with E-state index in [2.05, 4.69) is 9.89 Å². The Kier molecular flexibility index (Phi) is 2.49. The summed E-state index contributed by atoms with van der Waals surface area (Å²) in [5.74, 6) is -0.498. The number of esters is 1. The molecule has 76 valence electrons. The Morgan fingerprint density at radius 3 is 2.73 bits per heavy atom. The highest BCUT2D eigenvalue weighted by molar-refractivity contribution is 5.94. The van der Waals surface area contributed by atoms with Gasteiger partial charge in [-0.3, -0.25) is 0 Å². The Labute approximate surface area is 86.5 Å². The number of hydrogen-bond donors (Lipinski definition) is 0. The smallest absolute Gasteiger partial charge is 0.360 e. The number of rotatable bonds is 2. The normalized spacial score (nSPS) is 9.93. The van der Waals surface area contributed by atoms with Gasteiger partial charge >= 0.3 is 5.97 Å². The maximum atomic E-state index is 11.3. The van der Waals surface area contributed by atoms with Gasteiger partial charge in [-0.05, 0) is 5.56 Å². The van der Waals surface area contributed by atoms with Crippen molar-refractivity contribution in [2.45, 2.75) is 0 Å². The Bertz CT molecular complexity index is 462. The Balaban J connectivity index is 2.46. The van der Waals surface area contributed by atoms with Crippen LogP contribution in [0.5, 0.6) is 0 Å². The average Bonchev–Trinajstić information content (AvgIpc) is 2.78. The summed E-state index contributed by atoms with van der Waals surface area (Å²) in [5, 5.41) is 3.61. The minimum atomic E-state index is -0.498. The second-order valence-electron chi connectivity index (χ2n) is 2.93. The molecule has 0 amide bonds. The van der Waals surface area contributed by atoms with Crippen molar-refractivity contribution < 1.29 is 14.1 Å². The van der Waals surface area contributed by atoms with E-state index < -0.39 is 5.97 Å². The van der Waals surface area contributed by atoms with Gasteiger partial charge in [0.2, 0.25) is 0 Å². The lowest BCUT2D eigenvalue weighted by molar-refractivity contribution is 0.0590. The molecule has 4 nitrogen and oxygen atoms in total. The van der Waals surface area contributed by atoms with Crippen molar-refractivity contribution in [2.75, 3.05) is 7.11 Å². The molecule has 0 fully saturated rings. The van der Waals surface area contributed by atoms with Crippen molar-refractivity contribution in [2.24, 2.45) is 0 Å². The highest BCUT2D eigenvalue weighted by Crippen LogP contribution is 2.22. The molecule has 0 atom stereocenters. The molecule has 0 spiro atoms. The van der Waals surface area contributed by atoms with Crippen LogP contribution in [0, 0.1) is 0 Å². The topological polar surface area (TPSA) is 52.3 Å². The summed E-state index contributed by atoms with van der Waals surface area (Å²) in [6.07, 6.45) is 1.43. The van der Waals surface area contributed by atoms with Gasteiger partial charge in [0.25, 0.3) is 0 Å². The lowest BCUT2D eigenvalue weighted by atomic mass is 10.1. The van der Waals surface area contributed by atoms with Crippen molar-refractivity contribution in [3.63, 3.8) is 0 Å². The number of nitrogens with zero attached hydrogens (tertiary/aromatic N) is 1. The van der Waals surface area contributed by atoms with Crippen LogP contribution in [0.25, 0.3) is 11.1 Å². The molecule has 1 heterocycles. The molecular weight excluding hydrogens is 194 g/mol. The molecule has 0 saturated heterocycles. The molecule has 1 aromatic heterocycles. The van der Waals surface area contributed by atoms with Crippen LogP contribution in [-0.4, -0.2) is 18.2 Å². The fourth-order valence-corrected chi connectivity index (χ4v) is 1.30. The monoisotopic (exact) mass is 203 g/mol. The molecule has 0 saturated carbocycles. The molecule has 0 aliphatic carbocycles. The molecule has 1 aromatic carbocycles. The summed E-state index contributed by atoms with van der Waals surface area (Å²) in [6, 6.07) is 9.40. The molecule has 2 rings (SSSR count). The average molecular weight is 203 g/mol. The van der Waals surface area contributed by atoms with E-state index in [9.17, 15) is 4.79 Å². The van der Waals surface area contributed by atoms with E-state index in [1.54, 1.807) is 0 Å². The molecular formula is C11H9NO3. The summed E-state index contributed by atoms with van der Waals surface area (Å²) >= 11 is 0. The minimum absolute atomic E-state index is 0.198. The van der Waals surface area contributed by atoms with Crippen molar-refractivity contribution >= 4 is 5.97 Å². The quantitative estimate of drug-likeness (QED) is 0.701. The first-order valence-electron chi connectivity index (χ1n) is 4.41. The van der Waals surface area contributed by atoms with Crippen molar-refractivity contribution in [3.8, 4) is 11.1 Å². The fourth-order valence-electron chi connectivity index (χ4n) is 1.30. The second kappa shape index (κ2) is 3.96. The van der Waals surface area contributed by atoms with Crippen molar-refractivity contribution in [1.82, 2.24) is 5.16 Å².